The van der Waals surface area contributed by atoms with Crippen LogP contribution in [-0.4, -0.2) is 31.3 Å². The first-order valence-corrected chi connectivity index (χ1v) is 8.82. The highest BCUT2D eigenvalue weighted by Gasteiger charge is 2.34. The SMILES string of the molecule is O=c1cc(-c2cc(Cl)ccc2-n2cc(C(F)(F)F)nn2)cc2n1[C@H](CO)CC2. The largest absolute Gasteiger partial charge is 0.436 e. The predicted octanol–water partition coefficient (Wildman–Crippen LogP) is 3.25. The summed E-state index contributed by atoms with van der Waals surface area (Å²) < 4.78 is 41.2. The van der Waals surface area contributed by atoms with Crippen LogP contribution in [0.1, 0.15) is 23.9 Å². The highest BCUT2D eigenvalue weighted by Crippen LogP contribution is 2.33. The summed E-state index contributed by atoms with van der Waals surface area (Å²) >= 11 is 6.09. The number of benzene rings is 1. The van der Waals surface area contributed by atoms with Crippen LogP contribution in [0.4, 0.5) is 13.2 Å². The van der Waals surface area contributed by atoms with Crippen molar-refractivity contribution in [2.24, 2.45) is 0 Å². The van der Waals surface area contributed by atoms with Crippen molar-refractivity contribution in [3.05, 3.63) is 63.3 Å². The molecule has 0 spiro atoms. The molecule has 0 unspecified atom stereocenters. The Labute approximate surface area is 161 Å². The number of hydrogen-bond donors (Lipinski definition) is 1. The summed E-state index contributed by atoms with van der Waals surface area (Å²) in [6, 6.07) is 7.52. The molecule has 1 aromatic carbocycles. The lowest BCUT2D eigenvalue weighted by Crippen LogP contribution is -2.24. The number of halogens is 4. The van der Waals surface area contributed by atoms with E-state index in [1.807, 2.05) is 0 Å². The van der Waals surface area contributed by atoms with Gasteiger partial charge >= 0.3 is 6.18 Å². The van der Waals surface area contributed by atoms with Crippen LogP contribution in [0.5, 0.6) is 0 Å². The number of aryl methyl sites for hydroxylation is 1. The van der Waals surface area contributed by atoms with Crippen LogP contribution in [0, 0.1) is 0 Å². The standard InChI is InChI=1S/C18H14ClF3N4O2/c19-11-1-4-15(25-8-16(23-24-25)18(20,21)22)14(7-11)10-5-12-2-3-13(9-27)26(12)17(28)6-10/h1,4-8,13,27H,2-3,9H2/t13-/m0/s1. The number of alkyl halides is 3. The minimum Gasteiger partial charge on any atom is -0.394 e. The van der Waals surface area contributed by atoms with Gasteiger partial charge in [-0.2, -0.15) is 13.2 Å². The van der Waals surface area contributed by atoms with Crippen molar-refractivity contribution < 1.29 is 18.3 Å². The molecule has 146 valence electrons. The first-order chi connectivity index (χ1) is 13.3. The van der Waals surface area contributed by atoms with Crippen molar-refractivity contribution in [1.29, 1.82) is 0 Å². The molecule has 0 saturated heterocycles. The number of pyridine rings is 1. The zero-order chi connectivity index (χ0) is 20.1. The predicted molar refractivity (Wildman–Crippen MR) is 95.5 cm³/mol. The minimum atomic E-state index is -4.61. The molecule has 1 atom stereocenters. The van der Waals surface area contributed by atoms with Crippen LogP contribution >= 0.6 is 11.6 Å². The van der Waals surface area contributed by atoms with Gasteiger partial charge in [0.1, 0.15) is 0 Å². The van der Waals surface area contributed by atoms with E-state index in [-0.39, 0.29) is 18.2 Å². The normalized spacial score (nSPS) is 16.4. The highest BCUT2D eigenvalue weighted by molar-refractivity contribution is 6.31. The van der Waals surface area contributed by atoms with E-state index < -0.39 is 11.9 Å². The number of aliphatic hydroxyl groups excluding tert-OH is 1. The minimum absolute atomic E-state index is 0.131. The second-order valence-corrected chi connectivity index (χ2v) is 6.96. The Morgan fingerprint density at radius 1 is 1.25 bits per heavy atom. The molecule has 28 heavy (non-hydrogen) atoms. The summed E-state index contributed by atoms with van der Waals surface area (Å²) in [6.07, 6.45) is -2.56. The Morgan fingerprint density at radius 3 is 2.71 bits per heavy atom. The van der Waals surface area contributed by atoms with Crippen molar-refractivity contribution in [3.63, 3.8) is 0 Å². The summed E-state index contributed by atoms with van der Waals surface area (Å²) in [6.45, 7) is -0.131. The van der Waals surface area contributed by atoms with Gasteiger partial charge < -0.3 is 9.67 Å². The molecule has 1 aliphatic heterocycles. The van der Waals surface area contributed by atoms with Crippen LogP contribution in [0.25, 0.3) is 16.8 Å². The fraction of sp³-hybridized carbons (Fsp3) is 0.278. The molecule has 6 nitrogen and oxygen atoms in total. The van der Waals surface area contributed by atoms with E-state index in [1.165, 1.54) is 18.2 Å². The van der Waals surface area contributed by atoms with Gasteiger partial charge in [0.25, 0.3) is 5.56 Å². The molecule has 4 rings (SSSR count). The van der Waals surface area contributed by atoms with E-state index in [0.717, 1.165) is 16.6 Å². The first kappa shape index (κ1) is 18.7. The zero-order valence-corrected chi connectivity index (χ0v) is 15.1. The van der Waals surface area contributed by atoms with Crippen molar-refractivity contribution in [1.82, 2.24) is 19.6 Å². The van der Waals surface area contributed by atoms with E-state index in [4.69, 9.17) is 11.6 Å². The monoisotopic (exact) mass is 410 g/mol. The van der Waals surface area contributed by atoms with Gasteiger partial charge in [0.05, 0.1) is 24.5 Å². The van der Waals surface area contributed by atoms with Gasteiger partial charge in [-0.15, -0.1) is 5.10 Å². The zero-order valence-electron chi connectivity index (χ0n) is 14.3. The fourth-order valence-electron chi connectivity index (χ4n) is 3.46. The molecule has 3 heterocycles. The molecular weight excluding hydrogens is 397 g/mol. The summed E-state index contributed by atoms with van der Waals surface area (Å²) in [5.41, 5.74) is 0.628. The number of fused-ring (bicyclic) bond motifs is 1. The van der Waals surface area contributed by atoms with Crippen LogP contribution in [0.15, 0.2) is 41.3 Å². The summed E-state index contributed by atoms with van der Waals surface area (Å²) in [7, 11) is 0. The Morgan fingerprint density at radius 2 is 2.04 bits per heavy atom. The Bertz CT molecular complexity index is 1110. The van der Waals surface area contributed by atoms with Gasteiger partial charge in [0.2, 0.25) is 0 Å². The second-order valence-electron chi connectivity index (χ2n) is 6.53. The van der Waals surface area contributed by atoms with Gasteiger partial charge in [0, 0.05) is 22.3 Å². The van der Waals surface area contributed by atoms with Crippen molar-refractivity contribution >= 4 is 11.6 Å². The third kappa shape index (κ3) is 3.20. The fourth-order valence-corrected chi connectivity index (χ4v) is 3.64. The molecule has 0 radical (unpaired) electrons. The second kappa shape index (κ2) is 6.75. The third-order valence-electron chi connectivity index (χ3n) is 4.76. The van der Waals surface area contributed by atoms with E-state index in [1.54, 1.807) is 16.7 Å². The van der Waals surface area contributed by atoms with Crippen molar-refractivity contribution in [2.45, 2.75) is 25.1 Å². The molecule has 0 fully saturated rings. The lowest BCUT2D eigenvalue weighted by atomic mass is 10.0. The van der Waals surface area contributed by atoms with Crippen molar-refractivity contribution in [2.75, 3.05) is 6.61 Å². The molecule has 0 saturated carbocycles. The van der Waals surface area contributed by atoms with E-state index >= 15 is 0 Å². The number of nitrogens with zero attached hydrogens (tertiary/aromatic N) is 4. The van der Waals surface area contributed by atoms with Crippen LogP contribution in [-0.2, 0) is 12.6 Å². The van der Waals surface area contributed by atoms with E-state index in [0.29, 0.717) is 34.7 Å². The van der Waals surface area contributed by atoms with Gasteiger partial charge in [-0.05, 0) is 42.7 Å². The van der Waals surface area contributed by atoms with Gasteiger partial charge in [-0.3, -0.25) is 4.79 Å². The Kier molecular flexibility index (Phi) is 4.51. The van der Waals surface area contributed by atoms with Gasteiger partial charge in [-0.25, -0.2) is 4.68 Å². The molecule has 10 heteroatoms. The summed E-state index contributed by atoms with van der Waals surface area (Å²) in [5, 5.41) is 16.6. The smallest absolute Gasteiger partial charge is 0.394 e. The lowest BCUT2D eigenvalue weighted by molar-refractivity contribution is -0.141. The molecule has 2 aromatic heterocycles. The maximum Gasteiger partial charge on any atom is 0.436 e. The lowest BCUT2D eigenvalue weighted by Gasteiger charge is -2.14. The van der Waals surface area contributed by atoms with Crippen LogP contribution < -0.4 is 5.56 Å². The molecular formula is C18H14ClF3N4O2. The topological polar surface area (TPSA) is 72.9 Å². The number of aromatic nitrogens is 4. The molecule has 1 aliphatic rings. The van der Waals surface area contributed by atoms with Crippen LogP contribution in [0.2, 0.25) is 5.02 Å². The maximum absolute atomic E-state index is 12.9. The van der Waals surface area contributed by atoms with Gasteiger partial charge in [-0.1, -0.05) is 16.8 Å². The van der Waals surface area contributed by atoms with E-state index in [2.05, 4.69) is 10.3 Å². The molecule has 3 aromatic rings. The molecule has 0 aliphatic carbocycles. The maximum atomic E-state index is 12.9. The van der Waals surface area contributed by atoms with Gasteiger partial charge in [0.15, 0.2) is 5.69 Å². The number of aliphatic hydroxyl groups is 1. The third-order valence-corrected chi connectivity index (χ3v) is 4.99. The Hall–Kier alpha value is -2.65. The summed E-state index contributed by atoms with van der Waals surface area (Å²) in [5.74, 6) is 0. The first-order valence-electron chi connectivity index (χ1n) is 8.44. The average molecular weight is 411 g/mol. The van der Waals surface area contributed by atoms with Crippen LogP contribution in [0.3, 0.4) is 0 Å². The van der Waals surface area contributed by atoms with Crippen molar-refractivity contribution in [3.8, 4) is 16.8 Å². The highest BCUT2D eigenvalue weighted by atomic mass is 35.5. The molecule has 0 amide bonds. The Balaban J connectivity index is 1.86. The number of rotatable bonds is 3. The molecule has 1 N–H and O–H groups in total. The molecule has 0 bridgehead atoms. The number of hydrogen-bond acceptors (Lipinski definition) is 4. The average Bonchev–Trinajstić information content (AvgIpc) is 3.28. The van der Waals surface area contributed by atoms with E-state index in [9.17, 15) is 23.1 Å². The summed E-state index contributed by atoms with van der Waals surface area (Å²) in [4.78, 5) is 12.6. The quantitative estimate of drug-likeness (QED) is 0.719.